The lowest BCUT2D eigenvalue weighted by atomic mass is 9.95. The molecule has 6 heteroatoms. The minimum absolute atomic E-state index is 0.164. The van der Waals surface area contributed by atoms with E-state index in [0.29, 0.717) is 12.5 Å². The second kappa shape index (κ2) is 7.11. The number of benzene rings is 2. The number of anilines is 1. The standard InChI is InChI=1S/C22H23N5O/c28-22(17-14-23-27(15-17)18-6-2-1-3-7-18)26-12-10-16(11-13-26)21-24-19-8-4-5-9-20(19)25-21/h1-9,14,16-17H,10-13,15H2,(H,24,25). The monoisotopic (exact) mass is 373 g/mol. The summed E-state index contributed by atoms with van der Waals surface area (Å²) in [6, 6.07) is 18.1. The average Bonchev–Trinajstić information content (AvgIpc) is 3.41. The molecule has 0 aliphatic carbocycles. The topological polar surface area (TPSA) is 64.6 Å². The van der Waals surface area contributed by atoms with E-state index in [4.69, 9.17) is 4.98 Å². The lowest BCUT2D eigenvalue weighted by Gasteiger charge is -2.32. The summed E-state index contributed by atoms with van der Waals surface area (Å²) >= 11 is 0. The zero-order valence-corrected chi connectivity index (χ0v) is 15.7. The molecule has 0 radical (unpaired) electrons. The number of hydrogen-bond donors (Lipinski definition) is 1. The quantitative estimate of drug-likeness (QED) is 0.765. The molecule has 2 aromatic carbocycles. The Balaban J connectivity index is 1.20. The minimum Gasteiger partial charge on any atom is -0.342 e. The molecule has 1 N–H and O–H groups in total. The maximum Gasteiger partial charge on any atom is 0.233 e. The van der Waals surface area contributed by atoms with Gasteiger partial charge in [-0.2, -0.15) is 5.10 Å². The number of carbonyl (C=O) groups is 1. The van der Waals surface area contributed by atoms with Crippen LogP contribution in [0.2, 0.25) is 0 Å². The van der Waals surface area contributed by atoms with Crippen molar-refractivity contribution >= 4 is 28.8 Å². The zero-order valence-electron chi connectivity index (χ0n) is 15.7. The third-order valence-corrected chi connectivity index (χ3v) is 5.73. The number of para-hydroxylation sites is 3. The van der Waals surface area contributed by atoms with Gasteiger partial charge in [0.25, 0.3) is 0 Å². The number of aromatic nitrogens is 2. The third kappa shape index (κ3) is 3.15. The number of hydrogen-bond acceptors (Lipinski definition) is 4. The van der Waals surface area contributed by atoms with E-state index in [1.54, 1.807) is 6.21 Å². The summed E-state index contributed by atoms with van der Waals surface area (Å²) in [5.41, 5.74) is 3.12. The van der Waals surface area contributed by atoms with Crippen molar-refractivity contribution in [3.8, 4) is 0 Å². The number of nitrogens with one attached hydrogen (secondary N) is 1. The molecule has 28 heavy (non-hydrogen) atoms. The highest BCUT2D eigenvalue weighted by atomic mass is 16.2. The van der Waals surface area contributed by atoms with E-state index in [1.807, 2.05) is 58.4 Å². The summed E-state index contributed by atoms with van der Waals surface area (Å²) in [6.07, 6.45) is 3.68. The molecule has 1 unspecified atom stereocenters. The van der Waals surface area contributed by atoms with Gasteiger partial charge in [-0.25, -0.2) is 4.98 Å². The number of H-pyrrole nitrogens is 1. The number of likely N-dealkylation sites (tertiary alicyclic amines) is 1. The van der Waals surface area contributed by atoms with Crippen LogP contribution in [0.15, 0.2) is 59.7 Å². The number of fused-ring (bicyclic) bond motifs is 1. The van der Waals surface area contributed by atoms with Crippen LogP contribution in [-0.2, 0) is 4.79 Å². The number of hydrazone groups is 1. The first-order valence-electron chi connectivity index (χ1n) is 9.88. The fourth-order valence-corrected chi connectivity index (χ4v) is 4.13. The Morgan fingerprint density at radius 1 is 1.00 bits per heavy atom. The molecule has 1 fully saturated rings. The third-order valence-electron chi connectivity index (χ3n) is 5.73. The average molecular weight is 373 g/mol. The summed E-state index contributed by atoms with van der Waals surface area (Å²) in [5, 5.41) is 6.34. The van der Waals surface area contributed by atoms with Gasteiger partial charge in [0.1, 0.15) is 5.82 Å². The predicted molar refractivity (Wildman–Crippen MR) is 110 cm³/mol. The van der Waals surface area contributed by atoms with Gasteiger partial charge in [0, 0.05) is 25.2 Å². The molecule has 1 amide bonds. The number of amides is 1. The largest absolute Gasteiger partial charge is 0.342 e. The molecular formula is C22H23N5O. The predicted octanol–water partition coefficient (Wildman–Crippen LogP) is 3.39. The van der Waals surface area contributed by atoms with Gasteiger partial charge in [-0.1, -0.05) is 30.3 Å². The molecule has 142 valence electrons. The normalized spacial score (nSPS) is 20.2. The Bertz CT molecular complexity index is 971. The Kier molecular flexibility index (Phi) is 4.31. The summed E-state index contributed by atoms with van der Waals surface area (Å²) < 4.78 is 0. The number of carbonyl (C=O) groups excluding carboxylic acids is 1. The molecule has 2 aliphatic heterocycles. The van der Waals surface area contributed by atoms with Crippen LogP contribution < -0.4 is 5.01 Å². The molecule has 3 aromatic rings. The summed E-state index contributed by atoms with van der Waals surface area (Å²) in [6.45, 7) is 2.17. The van der Waals surface area contributed by atoms with Crippen LogP contribution >= 0.6 is 0 Å². The maximum atomic E-state index is 12.9. The highest BCUT2D eigenvalue weighted by Crippen LogP contribution is 2.29. The van der Waals surface area contributed by atoms with Crippen LogP contribution in [0.25, 0.3) is 11.0 Å². The van der Waals surface area contributed by atoms with Crippen molar-refractivity contribution in [2.45, 2.75) is 18.8 Å². The van der Waals surface area contributed by atoms with Gasteiger partial charge in [-0.15, -0.1) is 0 Å². The molecule has 0 saturated carbocycles. The van der Waals surface area contributed by atoms with Gasteiger partial charge in [-0.3, -0.25) is 9.80 Å². The number of nitrogens with zero attached hydrogens (tertiary/aromatic N) is 4. The highest BCUT2D eigenvalue weighted by molar-refractivity contribution is 5.95. The first-order chi connectivity index (χ1) is 13.8. The molecule has 2 aliphatic rings. The summed E-state index contributed by atoms with van der Waals surface area (Å²) in [5.74, 6) is 1.45. The number of piperidine rings is 1. The Morgan fingerprint density at radius 2 is 1.75 bits per heavy atom. The van der Waals surface area contributed by atoms with Crippen LogP contribution in [0.5, 0.6) is 0 Å². The van der Waals surface area contributed by atoms with E-state index in [2.05, 4.69) is 16.2 Å². The minimum atomic E-state index is -0.164. The Labute approximate surface area is 163 Å². The molecule has 1 atom stereocenters. The van der Waals surface area contributed by atoms with Crippen molar-refractivity contribution in [2.24, 2.45) is 11.0 Å². The van der Waals surface area contributed by atoms with E-state index in [9.17, 15) is 4.79 Å². The summed E-state index contributed by atoms with van der Waals surface area (Å²) in [7, 11) is 0. The van der Waals surface area contributed by atoms with E-state index in [1.165, 1.54) is 0 Å². The van der Waals surface area contributed by atoms with Crippen LogP contribution in [0.3, 0.4) is 0 Å². The first-order valence-corrected chi connectivity index (χ1v) is 9.88. The fraction of sp³-hybridized carbons (Fsp3) is 0.318. The van der Waals surface area contributed by atoms with E-state index < -0.39 is 0 Å². The smallest absolute Gasteiger partial charge is 0.233 e. The lowest BCUT2D eigenvalue weighted by molar-refractivity contribution is -0.133. The number of rotatable bonds is 3. The first kappa shape index (κ1) is 17.0. The molecule has 0 bridgehead atoms. The van der Waals surface area contributed by atoms with E-state index >= 15 is 0 Å². The fourth-order valence-electron chi connectivity index (χ4n) is 4.13. The van der Waals surface area contributed by atoms with E-state index in [0.717, 1.165) is 48.5 Å². The van der Waals surface area contributed by atoms with Crippen LogP contribution in [0.4, 0.5) is 5.69 Å². The second-order valence-electron chi connectivity index (χ2n) is 7.53. The van der Waals surface area contributed by atoms with Crippen LogP contribution in [-0.4, -0.2) is 46.6 Å². The second-order valence-corrected chi connectivity index (χ2v) is 7.53. The van der Waals surface area contributed by atoms with Crippen LogP contribution in [0.1, 0.15) is 24.6 Å². The zero-order chi connectivity index (χ0) is 18.9. The SMILES string of the molecule is O=C(C1C=NN(c2ccccc2)C1)N1CCC(c2nc3ccccc3[nH]2)CC1. The Hall–Kier alpha value is -3.15. The van der Waals surface area contributed by atoms with Gasteiger partial charge >= 0.3 is 0 Å². The lowest BCUT2D eigenvalue weighted by Crippen LogP contribution is -2.43. The molecule has 3 heterocycles. The van der Waals surface area contributed by atoms with Gasteiger partial charge < -0.3 is 9.88 Å². The number of imidazole rings is 1. The van der Waals surface area contributed by atoms with Gasteiger partial charge in [0.15, 0.2) is 0 Å². The van der Waals surface area contributed by atoms with E-state index in [-0.39, 0.29) is 11.8 Å². The van der Waals surface area contributed by atoms with Crippen molar-refractivity contribution < 1.29 is 4.79 Å². The van der Waals surface area contributed by atoms with Gasteiger partial charge in [0.2, 0.25) is 5.91 Å². The van der Waals surface area contributed by atoms with Crippen LogP contribution in [0, 0.1) is 5.92 Å². The van der Waals surface area contributed by atoms with Crippen molar-refractivity contribution in [3.63, 3.8) is 0 Å². The highest BCUT2D eigenvalue weighted by Gasteiger charge is 2.32. The maximum absolute atomic E-state index is 12.9. The van der Waals surface area contributed by atoms with Crippen molar-refractivity contribution in [1.82, 2.24) is 14.9 Å². The molecule has 5 rings (SSSR count). The number of aromatic amines is 1. The molecular weight excluding hydrogens is 350 g/mol. The van der Waals surface area contributed by atoms with Gasteiger partial charge in [0.05, 0.1) is 29.2 Å². The van der Waals surface area contributed by atoms with Crippen molar-refractivity contribution in [1.29, 1.82) is 0 Å². The molecule has 6 nitrogen and oxygen atoms in total. The van der Waals surface area contributed by atoms with Crippen molar-refractivity contribution in [2.75, 3.05) is 24.6 Å². The molecule has 1 saturated heterocycles. The van der Waals surface area contributed by atoms with Gasteiger partial charge in [-0.05, 0) is 37.1 Å². The van der Waals surface area contributed by atoms with Crippen molar-refractivity contribution in [3.05, 3.63) is 60.4 Å². The Morgan fingerprint density at radius 3 is 2.54 bits per heavy atom. The molecule has 0 spiro atoms. The summed E-state index contributed by atoms with van der Waals surface area (Å²) in [4.78, 5) is 23.1. The molecule has 1 aromatic heterocycles.